The van der Waals surface area contributed by atoms with Gasteiger partial charge in [-0.1, -0.05) is 60.7 Å². The van der Waals surface area contributed by atoms with Gasteiger partial charge in [0.25, 0.3) is 0 Å². The minimum absolute atomic E-state index is 0.224. The zero-order valence-corrected chi connectivity index (χ0v) is 15.8. The topological polar surface area (TPSA) is 79.1 Å². The van der Waals surface area contributed by atoms with Gasteiger partial charge >= 0.3 is 6.09 Å². The summed E-state index contributed by atoms with van der Waals surface area (Å²) in [5.74, 6) is 0. The summed E-state index contributed by atoms with van der Waals surface area (Å²) in [6, 6.07) is 20.7. The lowest BCUT2D eigenvalue weighted by atomic mass is 10.0. The molecule has 0 spiro atoms. The number of hydrogen-bond acceptors (Lipinski definition) is 5. The third kappa shape index (κ3) is 3.46. The van der Waals surface area contributed by atoms with Crippen molar-refractivity contribution in [1.29, 1.82) is 5.26 Å². The monoisotopic (exact) mass is 382 g/mol. The fourth-order valence-corrected chi connectivity index (χ4v) is 3.24. The number of aromatic nitrogens is 2. The molecular formula is C23H18N4O2. The summed E-state index contributed by atoms with van der Waals surface area (Å²) in [5, 5.41) is 9.77. The number of amides is 1. The van der Waals surface area contributed by atoms with E-state index in [-0.39, 0.29) is 6.61 Å². The predicted octanol–water partition coefficient (Wildman–Crippen LogP) is 4.82. The predicted molar refractivity (Wildman–Crippen MR) is 109 cm³/mol. The molecule has 142 valence electrons. The number of rotatable bonds is 3. The van der Waals surface area contributed by atoms with Gasteiger partial charge < -0.3 is 4.74 Å². The number of nitrogens with zero attached hydrogens (tertiary/aromatic N) is 4. The van der Waals surface area contributed by atoms with Gasteiger partial charge in [0.05, 0.1) is 29.8 Å². The second-order valence-corrected chi connectivity index (χ2v) is 6.38. The van der Waals surface area contributed by atoms with Gasteiger partial charge in [0.1, 0.15) is 5.69 Å². The van der Waals surface area contributed by atoms with Crippen LogP contribution in [0.5, 0.6) is 0 Å². The van der Waals surface area contributed by atoms with Crippen molar-refractivity contribution in [3.63, 3.8) is 0 Å². The second kappa shape index (κ2) is 7.95. The van der Waals surface area contributed by atoms with E-state index in [0.29, 0.717) is 17.1 Å². The molecule has 0 aliphatic carbocycles. The summed E-state index contributed by atoms with van der Waals surface area (Å²) >= 11 is 0. The van der Waals surface area contributed by atoms with Crippen molar-refractivity contribution in [1.82, 2.24) is 14.9 Å². The maximum atomic E-state index is 12.3. The first-order valence-electron chi connectivity index (χ1n) is 9.28. The third-order valence-corrected chi connectivity index (χ3v) is 4.58. The summed E-state index contributed by atoms with van der Waals surface area (Å²) in [6.07, 6.45) is 2.63. The van der Waals surface area contributed by atoms with Crippen LogP contribution in [0.25, 0.3) is 28.6 Å². The zero-order chi connectivity index (χ0) is 20.2. The third-order valence-electron chi connectivity index (χ3n) is 4.58. The quantitative estimate of drug-likeness (QED) is 0.649. The Kier molecular flexibility index (Phi) is 5.04. The molecule has 1 unspecified atom stereocenters. The van der Waals surface area contributed by atoms with Crippen molar-refractivity contribution >= 4 is 12.2 Å². The van der Waals surface area contributed by atoms with E-state index in [9.17, 15) is 10.1 Å². The molecule has 0 radical (unpaired) electrons. The number of carbonyl (C=O) groups excluding carboxylic acids is 1. The maximum Gasteiger partial charge on any atom is 0.415 e. The molecule has 0 saturated carbocycles. The van der Waals surface area contributed by atoms with Gasteiger partial charge in [-0.2, -0.15) is 5.26 Å². The number of carbonyl (C=O) groups is 1. The highest BCUT2D eigenvalue weighted by molar-refractivity contribution is 5.80. The summed E-state index contributed by atoms with van der Waals surface area (Å²) in [6.45, 7) is 1.95. The van der Waals surface area contributed by atoms with E-state index in [1.54, 1.807) is 13.0 Å². The molecule has 2 heterocycles. The molecule has 1 aliphatic heterocycles. The average Bonchev–Trinajstić information content (AvgIpc) is 2.78. The fourth-order valence-electron chi connectivity index (χ4n) is 3.24. The molecular weight excluding hydrogens is 364 g/mol. The van der Waals surface area contributed by atoms with Gasteiger partial charge in [-0.05, 0) is 13.0 Å². The van der Waals surface area contributed by atoms with Crippen molar-refractivity contribution < 1.29 is 9.53 Å². The Balaban J connectivity index is 1.91. The van der Waals surface area contributed by atoms with Crippen LogP contribution in [-0.2, 0) is 4.74 Å². The van der Waals surface area contributed by atoms with Gasteiger partial charge in [-0.3, -0.25) is 4.90 Å². The van der Waals surface area contributed by atoms with Crippen molar-refractivity contribution in [3.8, 4) is 28.6 Å². The van der Waals surface area contributed by atoms with E-state index < -0.39 is 12.1 Å². The molecule has 2 aromatic carbocycles. The minimum Gasteiger partial charge on any atom is -0.449 e. The van der Waals surface area contributed by atoms with Crippen LogP contribution in [0.2, 0.25) is 0 Å². The molecule has 0 fully saturated rings. The minimum atomic E-state index is -0.908. The highest BCUT2D eigenvalue weighted by atomic mass is 16.6. The molecule has 3 aromatic rings. The first-order valence-corrected chi connectivity index (χ1v) is 9.28. The SMILES string of the molecule is CCOC(=O)N1C=Cc2nc(-c3ccccc3)c(-c3ccccc3)nc2C1C#N. The lowest BCUT2D eigenvalue weighted by Gasteiger charge is -2.27. The molecule has 1 aromatic heterocycles. The number of fused-ring (bicyclic) bond motifs is 1. The Morgan fingerprint density at radius 1 is 1.03 bits per heavy atom. The molecule has 6 nitrogen and oxygen atoms in total. The summed E-state index contributed by atoms with van der Waals surface area (Å²) < 4.78 is 5.07. The van der Waals surface area contributed by atoms with Gasteiger partial charge in [-0.15, -0.1) is 0 Å². The second-order valence-electron chi connectivity index (χ2n) is 6.38. The van der Waals surface area contributed by atoms with Crippen molar-refractivity contribution in [2.45, 2.75) is 13.0 Å². The lowest BCUT2D eigenvalue weighted by Crippen LogP contribution is -2.33. The van der Waals surface area contributed by atoms with E-state index in [2.05, 4.69) is 6.07 Å². The highest BCUT2D eigenvalue weighted by Gasteiger charge is 2.32. The Hall–Kier alpha value is -3.98. The smallest absolute Gasteiger partial charge is 0.415 e. The molecule has 4 rings (SSSR count). The van der Waals surface area contributed by atoms with Gasteiger partial charge in [-0.25, -0.2) is 14.8 Å². The highest BCUT2D eigenvalue weighted by Crippen LogP contribution is 2.35. The standard InChI is InChI=1S/C23H18N4O2/c1-2-29-23(28)27-14-13-18-22(19(27)15-24)26-21(17-11-7-4-8-12-17)20(25-18)16-9-5-3-6-10-16/h3-14,19H,2H2,1H3. The Morgan fingerprint density at radius 2 is 1.62 bits per heavy atom. The fraction of sp³-hybridized carbons (Fsp3) is 0.130. The Morgan fingerprint density at radius 3 is 2.17 bits per heavy atom. The van der Waals surface area contributed by atoms with Crippen molar-refractivity contribution in [3.05, 3.63) is 78.3 Å². The maximum absolute atomic E-state index is 12.3. The van der Waals surface area contributed by atoms with Crippen molar-refractivity contribution in [2.24, 2.45) is 0 Å². The van der Waals surface area contributed by atoms with Crippen LogP contribution < -0.4 is 0 Å². The van der Waals surface area contributed by atoms with Crippen LogP contribution in [0.15, 0.2) is 66.9 Å². The van der Waals surface area contributed by atoms with Crippen molar-refractivity contribution in [2.75, 3.05) is 6.61 Å². The van der Waals surface area contributed by atoms with Crippen LogP contribution in [0, 0.1) is 11.3 Å². The van der Waals surface area contributed by atoms with Crippen LogP contribution in [0.1, 0.15) is 24.4 Å². The summed E-state index contributed by atoms with van der Waals surface area (Å²) in [5.41, 5.74) is 4.19. The van der Waals surface area contributed by atoms with Gasteiger partial charge in [0, 0.05) is 17.3 Å². The molecule has 1 amide bonds. The van der Waals surface area contributed by atoms with Crippen LogP contribution >= 0.6 is 0 Å². The molecule has 29 heavy (non-hydrogen) atoms. The number of nitriles is 1. The average molecular weight is 382 g/mol. The van der Waals surface area contributed by atoms with Crippen LogP contribution in [0.3, 0.4) is 0 Å². The molecule has 0 bridgehead atoms. The first-order chi connectivity index (χ1) is 14.2. The largest absolute Gasteiger partial charge is 0.449 e. The molecule has 1 aliphatic rings. The number of hydrogen-bond donors (Lipinski definition) is 0. The molecule has 6 heteroatoms. The first kappa shape index (κ1) is 18.4. The molecule has 0 saturated heterocycles. The van der Waals surface area contributed by atoms with E-state index in [1.807, 2.05) is 60.7 Å². The normalized spacial score (nSPS) is 14.8. The Bertz CT molecular complexity index is 1100. The van der Waals surface area contributed by atoms with E-state index in [1.165, 1.54) is 11.1 Å². The van der Waals surface area contributed by atoms with E-state index >= 15 is 0 Å². The number of benzene rings is 2. The van der Waals surface area contributed by atoms with E-state index in [4.69, 9.17) is 14.7 Å². The molecule has 1 atom stereocenters. The lowest BCUT2D eigenvalue weighted by molar-refractivity contribution is 0.115. The summed E-state index contributed by atoms with van der Waals surface area (Å²) in [7, 11) is 0. The molecule has 0 N–H and O–H groups in total. The summed E-state index contributed by atoms with van der Waals surface area (Å²) in [4.78, 5) is 23.2. The van der Waals surface area contributed by atoms with Crippen LogP contribution in [0.4, 0.5) is 4.79 Å². The zero-order valence-electron chi connectivity index (χ0n) is 15.8. The number of ether oxygens (including phenoxy) is 1. The van der Waals surface area contributed by atoms with Gasteiger partial charge in [0.15, 0.2) is 6.04 Å². The van der Waals surface area contributed by atoms with Crippen LogP contribution in [-0.4, -0.2) is 27.6 Å². The van der Waals surface area contributed by atoms with Gasteiger partial charge in [0.2, 0.25) is 0 Å². The Labute approximate surface area is 168 Å². The van der Waals surface area contributed by atoms with E-state index in [0.717, 1.165) is 16.8 Å².